The molecule has 1 aromatic rings. The molecule has 1 amide bonds. The van der Waals surface area contributed by atoms with Crippen LogP contribution in [0.5, 0.6) is 0 Å². The Balaban J connectivity index is 3.19. The molecule has 0 aliphatic carbocycles. The Bertz CT molecular complexity index is 492. The van der Waals surface area contributed by atoms with Crippen molar-refractivity contribution < 1.29 is 9.90 Å². The molecule has 0 unspecified atom stereocenters. The first-order valence-corrected chi connectivity index (χ1v) is 6.21. The minimum absolute atomic E-state index is 0.110. The number of rotatable bonds is 5. The number of hydrogen-bond acceptors (Lipinski definition) is 4. The van der Waals surface area contributed by atoms with Crippen LogP contribution in [0, 0.1) is 11.3 Å². The number of nitriles is 1. The second-order valence-corrected chi connectivity index (χ2v) is 4.25. The van der Waals surface area contributed by atoms with Crippen LogP contribution in [0.2, 0.25) is 0 Å². The molecule has 0 saturated carbocycles. The highest BCUT2D eigenvalue weighted by molar-refractivity contribution is 5.81. The summed E-state index contributed by atoms with van der Waals surface area (Å²) < 4.78 is 0. The highest BCUT2D eigenvalue weighted by Crippen LogP contribution is 2.27. The van der Waals surface area contributed by atoms with Crippen molar-refractivity contribution in [2.75, 3.05) is 25.0 Å². The molecule has 19 heavy (non-hydrogen) atoms. The molecule has 0 heterocycles. The van der Waals surface area contributed by atoms with Gasteiger partial charge in [0, 0.05) is 24.8 Å². The van der Waals surface area contributed by atoms with Crippen molar-refractivity contribution in [3.05, 3.63) is 29.3 Å². The van der Waals surface area contributed by atoms with Crippen LogP contribution < -0.4 is 10.2 Å². The van der Waals surface area contributed by atoms with E-state index in [1.165, 1.54) is 0 Å². The number of anilines is 1. The number of nitrogens with zero attached hydrogens (tertiary/aromatic N) is 2. The summed E-state index contributed by atoms with van der Waals surface area (Å²) in [5, 5.41) is 21.3. The van der Waals surface area contributed by atoms with E-state index in [0.29, 0.717) is 17.7 Å². The van der Waals surface area contributed by atoms with Crippen LogP contribution in [-0.2, 0) is 4.79 Å². The molecule has 1 atom stereocenters. The molecule has 5 nitrogen and oxygen atoms in total. The van der Waals surface area contributed by atoms with Crippen molar-refractivity contribution in [3.8, 4) is 6.07 Å². The summed E-state index contributed by atoms with van der Waals surface area (Å²) in [6, 6.07) is 7.17. The first kappa shape index (κ1) is 15.0. The van der Waals surface area contributed by atoms with Crippen LogP contribution in [0.25, 0.3) is 0 Å². The average molecular weight is 261 g/mol. The van der Waals surface area contributed by atoms with Crippen LogP contribution in [0.4, 0.5) is 5.69 Å². The van der Waals surface area contributed by atoms with Crippen molar-refractivity contribution in [3.63, 3.8) is 0 Å². The lowest BCUT2D eigenvalue weighted by atomic mass is 10.0. The topological polar surface area (TPSA) is 76.4 Å². The van der Waals surface area contributed by atoms with Gasteiger partial charge in [-0.3, -0.25) is 4.79 Å². The van der Waals surface area contributed by atoms with E-state index >= 15 is 0 Å². The van der Waals surface area contributed by atoms with Gasteiger partial charge in [0.25, 0.3) is 0 Å². The quantitative estimate of drug-likeness (QED) is 0.834. The minimum Gasteiger partial charge on any atom is -0.389 e. The van der Waals surface area contributed by atoms with Gasteiger partial charge in [0.1, 0.15) is 0 Å². The van der Waals surface area contributed by atoms with Crippen LogP contribution in [-0.4, -0.2) is 31.2 Å². The van der Waals surface area contributed by atoms with Gasteiger partial charge in [-0.1, -0.05) is 6.07 Å². The van der Waals surface area contributed by atoms with Crippen molar-refractivity contribution in [1.82, 2.24) is 5.32 Å². The first-order chi connectivity index (χ1) is 9.03. The SMILES string of the molecule is CCN(CC(=O)NC)c1cc(C#N)ccc1[C@H](C)O. The molecule has 0 fully saturated rings. The van der Waals surface area contributed by atoms with E-state index in [1.54, 1.807) is 32.2 Å². The van der Waals surface area contributed by atoms with Gasteiger partial charge >= 0.3 is 0 Å². The second-order valence-electron chi connectivity index (χ2n) is 4.25. The van der Waals surface area contributed by atoms with E-state index in [0.717, 1.165) is 5.69 Å². The molecule has 0 radical (unpaired) electrons. The predicted molar refractivity (Wildman–Crippen MR) is 73.7 cm³/mol. The number of aliphatic hydroxyl groups excluding tert-OH is 1. The normalized spacial score (nSPS) is 11.5. The summed E-state index contributed by atoms with van der Waals surface area (Å²) in [6.45, 7) is 4.40. The molecular weight excluding hydrogens is 242 g/mol. The maximum absolute atomic E-state index is 11.5. The number of aliphatic hydroxyl groups is 1. The van der Waals surface area contributed by atoms with Crippen molar-refractivity contribution in [1.29, 1.82) is 5.26 Å². The lowest BCUT2D eigenvalue weighted by Crippen LogP contribution is -2.36. The zero-order valence-electron chi connectivity index (χ0n) is 11.5. The van der Waals surface area contributed by atoms with E-state index in [4.69, 9.17) is 5.26 Å². The molecule has 1 aromatic carbocycles. The van der Waals surface area contributed by atoms with Crippen LogP contribution in [0.3, 0.4) is 0 Å². The molecular formula is C14H19N3O2. The fourth-order valence-corrected chi connectivity index (χ4v) is 1.86. The van der Waals surface area contributed by atoms with E-state index < -0.39 is 6.10 Å². The molecule has 2 N–H and O–H groups in total. The highest BCUT2D eigenvalue weighted by Gasteiger charge is 2.16. The number of likely N-dealkylation sites (N-methyl/N-ethyl adjacent to an activating group) is 2. The van der Waals surface area contributed by atoms with Gasteiger partial charge in [0.15, 0.2) is 0 Å². The molecule has 0 saturated heterocycles. The van der Waals surface area contributed by atoms with Gasteiger partial charge in [0.2, 0.25) is 5.91 Å². The Morgan fingerprint density at radius 1 is 1.58 bits per heavy atom. The molecule has 0 spiro atoms. The van der Waals surface area contributed by atoms with E-state index in [-0.39, 0.29) is 12.5 Å². The maximum atomic E-state index is 11.5. The number of amides is 1. The Hall–Kier alpha value is -2.06. The fraction of sp³-hybridized carbons (Fsp3) is 0.429. The monoisotopic (exact) mass is 261 g/mol. The maximum Gasteiger partial charge on any atom is 0.239 e. The van der Waals surface area contributed by atoms with Gasteiger partial charge < -0.3 is 15.3 Å². The van der Waals surface area contributed by atoms with E-state index in [1.807, 2.05) is 11.8 Å². The standard InChI is InChI=1S/C14H19N3O2/c1-4-17(9-14(19)16-3)13-7-11(8-15)5-6-12(13)10(2)18/h5-7,10,18H,4,9H2,1-3H3,(H,16,19)/t10-/m0/s1. The Morgan fingerprint density at radius 3 is 2.74 bits per heavy atom. The zero-order chi connectivity index (χ0) is 14.4. The molecule has 0 aromatic heterocycles. The Labute approximate surface area is 113 Å². The molecule has 0 aliphatic heterocycles. The summed E-state index contributed by atoms with van der Waals surface area (Å²) >= 11 is 0. The molecule has 0 bridgehead atoms. The van der Waals surface area contributed by atoms with Crippen LogP contribution >= 0.6 is 0 Å². The summed E-state index contributed by atoms with van der Waals surface area (Å²) in [4.78, 5) is 13.3. The molecule has 0 aliphatic rings. The van der Waals surface area contributed by atoms with Crippen molar-refractivity contribution in [2.24, 2.45) is 0 Å². The molecule has 5 heteroatoms. The minimum atomic E-state index is -0.651. The van der Waals surface area contributed by atoms with Gasteiger partial charge in [-0.15, -0.1) is 0 Å². The molecule has 102 valence electrons. The van der Waals surface area contributed by atoms with Gasteiger partial charge in [-0.25, -0.2) is 0 Å². The third-order valence-electron chi connectivity index (χ3n) is 2.95. The highest BCUT2D eigenvalue weighted by atomic mass is 16.3. The van der Waals surface area contributed by atoms with Gasteiger partial charge in [-0.05, 0) is 26.0 Å². The smallest absolute Gasteiger partial charge is 0.239 e. The van der Waals surface area contributed by atoms with Crippen molar-refractivity contribution >= 4 is 11.6 Å². The fourth-order valence-electron chi connectivity index (χ4n) is 1.86. The summed E-state index contributed by atoms with van der Waals surface area (Å²) in [7, 11) is 1.58. The lowest BCUT2D eigenvalue weighted by molar-refractivity contribution is -0.119. The van der Waals surface area contributed by atoms with Gasteiger partial charge in [0.05, 0.1) is 24.3 Å². The van der Waals surface area contributed by atoms with Crippen molar-refractivity contribution in [2.45, 2.75) is 20.0 Å². The third kappa shape index (κ3) is 3.70. The van der Waals surface area contributed by atoms with Gasteiger partial charge in [-0.2, -0.15) is 5.26 Å². The van der Waals surface area contributed by atoms with Crippen LogP contribution in [0.15, 0.2) is 18.2 Å². The van der Waals surface area contributed by atoms with E-state index in [2.05, 4.69) is 11.4 Å². The largest absolute Gasteiger partial charge is 0.389 e. The summed E-state index contributed by atoms with van der Waals surface area (Å²) in [5.41, 5.74) is 1.94. The van der Waals surface area contributed by atoms with E-state index in [9.17, 15) is 9.90 Å². The summed E-state index contributed by atoms with van der Waals surface area (Å²) in [6.07, 6.45) is -0.651. The Morgan fingerprint density at radius 2 is 2.26 bits per heavy atom. The zero-order valence-corrected chi connectivity index (χ0v) is 11.5. The second kappa shape index (κ2) is 6.76. The molecule has 1 rings (SSSR count). The predicted octanol–water partition coefficient (Wildman–Crippen LogP) is 1.18. The number of nitrogens with one attached hydrogen (secondary N) is 1. The number of carbonyl (C=O) groups excluding carboxylic acids is 1. The Kier molecular flexibility index (Phi) is 5.34. The lowest BCUT2D eigenvalue weighted by Gasteiger charge is -2.26. The third-order valence-corrected chi connectivity index (χ3v) is 2.95. The van der Waals surface area contributed by atoms with Crippen LogP contribution in [0.1, 0.15) is 31.1 Å². The summed E-state index contributed by atoms with van der Waals surface area (Å²) in [5.74, 6) is -0.110. The first-order valence-electron chi connectivity index (χ1n) is 6.21. The average Bonchev–Trinajstić information content (AvgIpc) is 2.43. The number of carbonyl (C=O) groups is 1. The number of benzene rings is 1. The number of hydrogen-bond donors (Lipinski definition) is 2.